The second-order valence-corrected chi connectivity index (χ2v) is 6.66. The molecule has 2 atom stereocenters. The number of carbonyl (C=O) groups is 1. The first kappa shape index (κ1) is 14.8. The van der Waals surface area contributed by atoms with Crippen molar-refractivity contribution >= 4 is 6.09 Å². The van der Waals surface area contributed by atoms with Crippen molar-refractivity contribution in [3.05, 3.63) is 0 Å². The minimum atomic E-state index is -0.473. The predicted octanol–water partition coefficient (Wildman–Crippen LogP) is 3.23. The lowest BCUT2D eigenvalue weighted by Crippen LogP contribution is -2.45. The molecule has 1 aliphatic carbocycles. The lowest BCUT2D eigenvalue weighted by atomic mass is 9.78. The zero-order chi connectivity index (χ0) is 14.0. The Morgan fingerprint density at radius 3 is 2.56 bits per heavy atom. The Labute approximate surface area is 110 Å². The van der Waals surface area contributed by atoms with Crippen molar-refractivity contribution in [1.82, 2.24) is 5.32 Å². The first-order valence-electron chi connectivity index (χ1n) is 6.53. The summed E-state index contributed by atoms with van der Waals surface area (Å²) in [6.07, 6.45) is 2.09. The van der Waals surface area contributed by atoms with Crippen molar-refractivity contribution in [2.75, 3.05) is 0 Å². The average molecular weight is 252 g/mol. The Hall–Kier alpha value is -1.24. The molecule has 0 spiro atoms. The van der Waals surface area contributed by atoms with Crippen LogP contribution in [0.4, 0.5) is 4.79 Å². The molecule has 1 N–H and O–H groups in total. The molecule has 0 radical (unpaired) electrons. The van der Waals surface area contributed by atoms with Crippen molar-refractivity contribution < 1.29 is 9.53 Å². The van der Waals surface area contributed by atoms with Gasteiger partial charge in [-0.05, 0) is 44.9 Å². The molecule has 1 rings (SSSR count). The summed E-state index contributed by atoms with van der Waals surface area (Å²) in [5.41, 5.74) is -0.522. The van der Waals surface area contributed by atoms with Gasteiger partial charge in [-0.25, -0.2) is 4.79 Å². The van der Waals surface area contributed by atoms with E-state index in [9.17, 15) is 4.79 Å². The molecule has 0 aromatic heterocycles. The maximum atomic E-state index is 11.8. The van der Waals surface area contributed by atoms with Gasteiger partial charge in [-0.1, -0.05) is 13.8 Å². The molecule has 4 nitrogen and oxygen atoms in total. The van der Waals surface area contributed by atoms with Gasteiger partial charge in [0, 0.05) is 12.5 Å². The summed E-state index contributed by atoms with van der Waals surface area (Å²) in [5.74, 6) is 0.349. The number of ether oxygens (including phenoxy) is 1. The van der Waals surface area contributed by atoms with Gasteiger partial charge < -0.3 is 10.1 Å². The van der Waals surface area contributed by atoms with Crippen LogP contribution in [0, 0.1) is 22.7 Å². The van der Waals surface area contributed by atoms with E-state index in [0.717, 1.165) is 12.8 Å². The first-order valence-corrected chi connectivity index (χ1v) is 6.53. The summed E-state index contributed by atoms with van der Waals surface area (Å²) in [7, 11) is 0. The van der Waals surface area contributed by atoms with Crippen LogP contribution in [0.2, 0.25) is 0 Å². The third kappa shape index (κ3) is 3.63. The molecule has 0 unspecified atom stereocenters. The minimum absolute atomic E-state index is 0.0490. The third-order valence-electron chi connectivity index (χ3n) is 3.78. The van der Waals surface area contributed by atoms with Crippen LogP contribution in [0.5, 0.6) is 0 Å². The fourth-order valence-electron chi connectivity index (χ4n) is 2.58. The molecule has 0 aromatic rings. The molecular formula is C14H24N2O2. The third-order valence-corrected chi connectivity index (χ3v) is 3.78. The SMILES string of the molecule is CC(C)(C)OC(=O)N[C@@H]1CC[C@H](CC#N)C1(C)C. The van der Waals surface area contributed by atoms with Crippen molar-refractivity contribution in [3.63, 3.8) is 0 Å². The molecule has 4 heteroatoms. The van der Waals surface area contributed by atoms with Crippen molar-refractivity contribution in [2.45, 2.75) is 65.5 Å². The van der Waals surface area contributed by atoms with E-state index in [0.29, 0.717) is 12.3 Å². The number of alkyl carbamates (subject to hydrolysis) is 1. The number of nitriles is 1. The monoisotopic (exact) mass is 252 g/mol. The van der Waals surface area contributed by atoms with Crippen LogP contribution < -0.4 is 5.32 Å². The molecule has 0 bridgehead atoms. The maximum absolute atomic E-state index is 11.8. The zero-order valence-electron chi connectivity index (χ0n) is 12.0. The van der Waals surface area contributed by atoms with Gasteiger partial charge in [0.2, 0.25) is 0 Å². The number of rotatable bonds is 2. The molecule has 102 valence electrons. The van der Waals surface area contributed by atoms with Crippen molar-refractivity contribution in [2.24, 2.45) is 11.3 Å². The smallest absolute Gasteiger partial charge is 0.407 e. The van der Waals surface area contributed by atoms with Gasteiger partial charge in [0.05, 0.1) is 6.07 Å². The van der Waals surface area contributed by atoms with Gasteiger partial charge >= 0.3 is 6.09 Å². The second kappa shape index (κ2) is 5.17. The van der Waals surface area contributed by atoms with Crippen LogP contribution in [0.25, 0.3) is 0 Å². The molecule has 0 aliphatic heterocycles. The largest absolute Gasteiger partial charge is 0.444 e. The Balaban J connectivity index is 2.59. The molecule has 1 amide bonds. The topological polar surface area (TPSA) is 62.1 Å². The van der Waals surface area contributed by atoms with E-state index in [1.54, 1.807) is 0 Å². The fraction of sp³-hybridized carbons (Fsp3) is 0.857. The van der Waals surface area contributed by atoms with Gasteiger partial charge in [0.15, 0.2) is 0 Å². The highest BCUT2D eigenvalue weighted by Gasteiger charge is 2.43. The number of nitrogens with zero attached hydrogens (tertiary/aromatic N) is 1. The van der Waals surface area contributed by atoms with Gasteiger partial charge in [0.25, 0.3) is 0 Å². The summed E-state index contributed by atoms with van der Waals surface area (Å²) in [6.45, 7) is 9.79. The van der Waals surface area contributed by atoms with Gasteiger partial charge in [-0.2, -0.15) is 5.26 Å². The maximum Gasteiger partial charge on any atom is 0.407 e. The van der Waals surface area contributed by atoms with Crippen LogP contribution in [-0.4, -0.2) is 17.7 Å². The zero-order valence-corrected chi connectivity index (χ0v) is 12.0. The number of amides is 1. The molecule has 0 aromatic carbocycles. The van der Waals surface area contributed by atoms with Crippen LogP contribution in [0.1, 0.15) is 53.9 Å². The van der Waals surface area contributed by atoms with E-state index in [4.69, 9.17) is 10.00 Å². The molecule has 18 heavy (non-hydrogen) atoms. The summed E-state index contributed by atoms with van der Waals surface area (Å²) >= 11 is 0. The molecule has 0 heterocycles. The van der Waals surface area contributed by atoms with E-state index in [2.05, 4.69) is 25.2 Å². The van der Waals surface area contributed by atoms with Crippen LogP contribution in [0.3, 0.4) is 0 Å². The Morgan fingerprint density at radius 2 is 2.06 bits per heavy atom. The van der Waals surface area contributed by atoms with Crippen molar-refractivity contribution in [1.29, 1.82) is 5.26 Å². The molecular weight excluding hydrogens is 228 g/mol. The van der Waals surface area contributed by atoms with E-state index in [1.165, 1.54) is 0 Å². The molecule has 0 saturated heterocycles. The molecule has 1 aliphatic rings. The van der Waals surface area contributed by atoms with Crippen LogP contribution in [0.15, 0.2) is 0 Å². The van der Waals surface area contributed by atoms with Crippen molar-refractivity contribution in [3.8, 4) is 6.07 Å². The Morgan fingerprint density at radius 1 is 1.44 bits per heavy atom. The van der Waals surface area contributed by atoms with E-state index < -0.39 is 5.60 Å². The highest BCUT2D eigenvalue weighted by molar-refractivity contribution is 5.68. The highest BCUT2D eigenvalue weighted by atomic mass is 16.6. The summed E-state index contributed by atoms with van der Waals surface area (Å²) < 4.78 is 5.27. The molecule has 1 fully saturated rings. The summed E-state index contributed by atoms with van der Waals surface area (Å²) in [4.78, 5) is 11.8. The summed E-state index contributed by atoms with van der Waals surface area (Å²) in [6, 6.07) is 2.32. The number of nitrogens with one attached hydrogen (secondary N) is 1. The normalized spacial score (nSPS) is 26.4. The number of carbonyl (C=O) groups excluding carboxylic acids is 1. The summed E-state index contributed by atoms with van der Waals surface area (Å²) in [5, 5.41) is 11.8. The highest BCUT2D eigenvalue weighted by Crippen LogP contribution is 2.44. The number of hydrogen-bond donors (Lipinski definition) is 1. The van der Waals surface area contributed by atoms with Crippen LogP contribution >= 0.6 is 0 Å². The van der Waals surface area contributed by atoms with E-state index >= 15 is 0 Å². The average Bonchev–Trinajstić information content (AvgIpc) is 2.42. The molecule has 1 saturated carbocycles. The van der Waals surface area contributed by atoms with Gasteiger partial charge in [-0.3, -0.25) is 0 Å². The Bertz CT molecular complexity index is 350. The lowest BCUT2D eigenvalue weighted by Gasteiger charge is -2.33. The first-order chi connectivity index (χ1) is 8.16. The van der Waals surface area contributed by atoms with E-state index in [1.807, 2.05) is 20.8 Å². The van der Waals surface area contributed by atoms with Gasteiger partial charge in [0.1, 0.15) is 5.60 Å². The minimum Gasteiger partial charge on any atom is -0.444 e. The Kier molecular flexibility index (Phi) is 4.26. The lowest BCUT2D eigenvalue weighted by molar-refractivity contribution is 0.0460. The number of hydrogen-bond acceptors (Lipinski definition) is 3. The van der Waals surface area contributed by atoms with Gasteiger partial charge in [-0.15, -0.1) is 0 Å². The fourth-order valence-corrected chi connectivity index (χ4v) is 2.58. The van der Waals surface area contributed by atoms with Crippen LogP contribution in [-0.2, 0) is 4.74 Å². The predicted molar refractivity (Wildman–Crippen MR) is 69.9 cm³/mol. The standard InChI is InChI=1S/C14H24N2O2/c1-13(2,3)18-12(17)16-11-7-6-10(8-9-15)14(11,4)5/h10-11H,6-8H2,1-5H3,(H,16,17)/t10-,11-/m1/s1. The second-order valence-electron chi connectivity index (χ2n) is 6.66. The quantitative estimate of drug-likeness (QED) is 0.820. The van der Waals surface area contributed by atoms with E-state index in [-0.39, 0.29) is 17.6 Å².